The third-order valence-electron chi connectivity index (χ3n) is 4.67. The Labute approximate surface area is 187 Å². The number of carbonyl (C=O) groups is 1. The topological polar surface area (TPSA) is 44.8 Å². The van der Waals surface area contributed by atoms with Crippen molar-refractivity contribution in [3.8, 4) is 5.75 Å². The minimum Gasteiger partial charge on any atom is -0.488 e. The van der Waals surface area contributed by atoms with E-state index in [1.165, 1.54) is 4.90 Å². The maximum atomic E-state index is 12.1. The molecule has 0 radical (unpaired) electrons. The van der Waals surface area contributed by atoms with Crippen LogP contribution in [-0.2, 0) is 14.3 Å². The summed E-state index contributed by atoms with van der Waals surface area (Å²) in [5.41, 5.74) is 0.338. The number of esters is 1. The summed E-state index contributed by atoms with van der Waals surface area (Å²) in [4.78, 5) is 13.3. The zero-order valence-electron chi connectivity index (χ0n) is 18.1. The molecule has 3 aromatic rings. The fourth-order valence-electron chi connectivity index (χ4n) is 3.24. The van der Waals surface area contributed by atoms with E-state index in [1.54, 1.807) is 24.8 Å². The molecule has 0 saturated carbocycles. The standard InChI is InChI=1S/C26H28O4S/c1-5-13-28-16-21(30-26(27)18(3)4)17-29-25-23-10-8-7-9-19(23)14-20-11-12-22(31-6-2)15-24(20)25/h5,7-12,14-15,21H,1,3,6,13,16-17H2,2,4H3. The second-order valence-corrected chi connectivity index (χ2v) is 8.52. The Morgan fingerprint density at radius 2 is 1.87 bits per heavy atom. The van der Waals surface area contributed by atoms with Gasteiger partial charge in [0.25, 0.3) is 0 Å². The van der Waals surface area contributed by atoms with Gasteiger partial charge in [0, 0.05) is 21.2 Å². The molecule has 0 aromatic heterocycles. The molecule has 3 aromatic carbocycles. The summed E-state index contributed by atoms with van der Waals surface area (Å²) >= 11 is 1.79. The second kappa shape index (κ2) is 11.0. The van der Waals surface area contributed by atoms with Crippen LogP contribution >= 0.6 is 11.8 Å². The van der Waals surface area contributed by atoms with Crippen LogP contribution in [0.25, 0.3) is 21.5 Å². The molecule has 0 saturated heterocycles. The summed E-state index contributed by atoms with van der Waals surface area (Å²) in [6, 6.07) is 16.7. The van der Waals surface area contributed by atoms with E-state index in [-0.39, 0.29) is 13.2 Å². The summed E-state index contributed by atoms with van der Waals surface area (Å²) in [6.45, 7) is 11.8. The predicted molar refractivity (Wildman–Crippen MR) is 129 cm³/mol. The van der Waals surface area contributed by atoms with Gasteiger partial charge in [-0.1, -0.05) is 49.9 Å². The van der Waals surface area contributed by atoms with Gasteiger partial charge in [-0.25, -0.2) is 4.79 Å². The zero-order valence-corrected chi connectivity index (χ0v) is 18.9. The van der Waals surface area contributed by atoms with Crippen molar-refractivity contribution in [1.82, 2.24) is 0 Å². The van der Waals surface area contributed by atoms with Gasteiger partial charge in [0.2, 0.25) is 0 Å². The lowest BCUT2D eigenvalue weighted by molar-refractivity contribution is -0.148. The Morgan fingerprint density at radius 1 is 1.10 bits per heavy atom. The van der Waals surface area contributed by atoms with Crippen LogP contribution in [0.2, 0.25) is 0 Å². The molecule has 0 spiro atoms. The Bertz CT molecular complexity index is 1090. The SMILES string of the molecule is C=CCOCC(COc1c2ccccc2cc2ccc(SCC)cc12)OC(=O)C(=C)C. The average molecular weight is 437 g/mol. The van der Waals surface area contributed by atoms with E-state index in [4.69, 9.17) is 14.2 Å². The van der Waals surface area contributed by atoms with Crippen LogP contribution in [0, 0.1) is 0 Å². The highest BCUT2D eigenvalue weighted by Crippen LogP contribution is 2.37. The Balaban J connectivity index is 1.95. The molecule has 0 heterocycles. The first-order chi connectivity index (χ1) is 15.0. The number of rotatable bonds is 11. The zero-order chi connectivity index (χ0) is 22.2. The van der Waals surface area contributed by atoms with E-state index < -0.39 is 12.1 Å². The van der Waals surface area contributed by atoms with Crippen LogP contribution in [0.1, 0.15) is 13.8 Å². The quantitative estimate of drug-likeness (QED) is 0.0897. The fraction of sp³-hybridized carbons (Fsp3) is 0.269. The molecule has 0 amide bonds. The molecule has 0 N–H and O–H groups in total. The number of carbonyl (C=O) groups excluding carboxylic acids is 1. The molecule has 0 aliphatic heterocycles. The first-order valence-electron chi connectivity index (χ1n) is 10.3. The van der Waals surface area contributed by atoms with Gasteiger partial charge in [-0.05, 0) is 41.6 Å². The van der Waals surface area contributed by atoms with Crippen molar-refractivity contribution in [3.63, 3.8) is 0 Å². The summed E-state index contributed by atoms with van der Waals surface area (Å²) in [7, 11) is 0. The number of ether oxygens (including phenoxy) is 3. The highest BCUT2D eigenvalue weighted by atomic mass is 32.2. The monoisotopic (exact) mass is 436 g/mol. The van der Waals surface area contributed by atoms with E-state index in [2.05, 4.69) is 50.4 Å². The molecular weight excluding hydrogens is 408 g/mol. The van der Waals surface area contributed by atoms with E-state index in [1.807, 2.05) is 18.2 Å². The van der Waals surface area contributed by atoms with Gasteiger partial charge in [0.05, 0.1) is 13.2 Å². The summed E-state index contributed by atoms with van der Waals surface area (Å²) in [5.74, 6) is 1.32. The van der Waals surface area contributed by atoms with Gasteiger partial charge in [-0.15, -0.1) is 18.3 Å². The molecule has 4 nitrogen and oxygen atoms in total. The number of hydrogen-bond donors (Lipinski definition) is 0. The molecule has 0 aliphatic carbocycles. The molecule has 5 heteroatoms. The lowest BCUT2D eigenvalue weighted by Crippen LogP contribution is -2.30. The highest BCUT2D eigenvalue weighted by molar-refractivity contribution is 7.99. The van der Waals surface area contributed by atoms with Gasteiger partial charge in [-0.2, -0.15) is 0 Å². The van der Waals surface area contributed by atoms with Crippen LogP contribution in [0.4, 0.5) is 0 Å². The van der Waals surface area contributed by atoms with E-state index >= 15 is 0 Å². The van der Waals surface area contributed by atoms with Crippen LogP contribution in [0.5, 0.6) is 5.75 Å². The first kappa shape index (κ1) is 22.9. The largest absolute Gasteiger partial charge is 0.488 e. The van der Waals surface area contributed by atoms with E-state index in [0.29, 0.717) is 12.2 Å². The van der Waals surface area contributed by atoms with Crippen molar-refractivity contribution in [3.05, 3.63) is 73.3 Å². The van der Waals surface area contributed by atoms with Crippen LogP contribution in [0.3, 0.4) is 0 Å². The maximum absolute atomic E-state index is 12.1. The lowest BCUT2D eigenvalue weighted by Gasteiger charge is -2.20. The van der Waals surface area contributed by atoms with Crippen molar-refractivity contribution >= 4 is 39.3 Å². The molecule has 0 bridgehead atoms. The third kappa shape index (κ3) is 5.90. The van der Waals surface area contributed by atoms with Crippen LogP contribution < -0.4 is 4.74 Å². The number of thioether (sulfide) groups is 1. The second-order valence-electron chi connectivity index (χ2n) is 7.19. The Morgan fingerprint density at radius 3 is 2.61 bits per heavy atom. The number of hydrogen-bond acceptors (Lipinski definition) is 5. The fourth-order valence-corrected chi connectivity index (χ4v) is 3.94. The minimum atomic E-state index is -0.564. The maximum Gasteiger partial charge on any atom is 0.333 e. The highest BCUT2D eigenvalue weighted by Gasteiger charge is 2.18. The third-order valence-corrected chi connectivity index (χ3v) is 5.55. The molecular formula is C26H28O4S. The molecule has 1 unspecified atom stereocenters. The molecule has 162 valence electrons. The molecule has 31 heavy (non-hydrogen) atoms. The average Bonchev–Trinajstić information content (AvgIpc) is 2.76. The van der Waals surface area contributed by atoms with Gasteiger partial charge >= 0.3 is 5.97 Å². The Hall–Kier alpha value is -2.76. The summed E-state index contributed by atoms with van der Waals surface area (Å²) in [6.07, 6.45) is 1.09. The van der Waals surface area contributed by atoms with Crippen molar-refractivity contribution in [2.24, 2.45) is 0 Å². The Kier molecular flexibility index (Phi) is 8.15. The molecule has 3 rings (SSSR count). The summed E-state index contributed by atoms with van der Waals surface area (Å²) < 4.78 is 17.4. The van der Waals surface area contributed by atoms with Crippen molar-refractivity contribution in [2.45, 2.75) is 24.8 Å². The predicted octanol–water partition coefficient (Wildman–Crippen LogP) is 6.17. The van der Waals surface area contributed by atoms with Crippen molar-refractivity contribution < 1.29 is 19.0 Å². The van der Waals surface area contributed by atoms with Gasteiger partial charge in [-0.3, -0.25) is 0 Å². The lowest BCUT2D eigenvalue weighted by atomic mass is 10.0. The van der Waals surface area contributed by atoms with Gasteiger partial charge in [0.1, 0.15) is 12.4 Å². The van der Waals surface area contributed by atoms with Crippen LogP contribution in [-0.4, -0.2) is 37.6 Å². The molecule has 0 fully saturated rings. The smallest absolute Gasteiger partial charge is 0.333 e. The molecule has 0 aliphatic rings. The molecule has 1 atom stereocenters. The summed E-state index contributed by atoms with van der Waals surface area (Å²) in [5, 5.41) is 4.26. The van der Waals surface area contributed by atoms with E-state index in [0.717, 1.165) is 33.0 Å². The minimum absolute atomic E-state index is 0.171. The van der Waals surface area contributed by atoms with Crippen molar-refractivity contribution in [2.75, 3.05) is 25.6 Å². The van der Waals surface area contributed by atoms with Gasteiger partial charge in [0.15, 0.2) is 6.10 Å². The first-order valence-corrected chi connectivity index (χ1v) is 11.3. The van der Waals surface area contributed by atoms with Crippen molar-refractivity contribution in [1.29, 1.82) is 0 Å². The normalized spacial score (nSPS) is 11.9. The van der Waals surface area contributed by atoms with Gasteiger partial charge < -0.3 is 14.2 Å². The van der Waals surface area contributed by atoms with Crippen LogP contribution in [0.15, 0.2) is 78.2 Å². The number of benzene rings is 3. The van der Waals surface area contributed by atoms with E-state index in [9.17, 15) is 4.79 Å². The number of fused-ring (bicyclic) bond motifs is 2.